The van der Waals surface area contributed by atoms with E-state index in [0.717, 1.165) is 11.2 Å². The fraction of sp³-hybridized carbons (Fsp3) is 0.667. The summed E-state index contributed by atoms with van der Waals surface area (Å²) in [6, 6.07) is 0. The van der Waals surface area contributed by atoms with Crippen LogP contribution in [-0.2, 0) is 0 Å². The third-order valence-corrected chi connectivity index (χ3v) is 2.59. The Morgan fingerprint density at radius 2 is 2.14 bits per heavy atom. The van der Waals surface area contributed by atoms with E-state index in [2.05, 4.69) is 25.3 Å². The van der Waals surface area contributed by atoms with Crippen molar-refractivity contribution in [3.05, 3.63) is 11.5 Å². The van der Waals surface area contributed by atoms with Crippen LogP contribution >= 0.6 is 11.8 Å². The Morgan fingerprint density at radius 3 is 2.29 bits per heavy atom. The Kier molecular flexibility index (Phi) is 1.43. The highest BCUT2D eigenvalue weighted by molar-refractivity contribution is 8.02. The summed E-state index contributed by atoms with van der Waals surface area (Å²) in [6.45, 7) is 4.51. The highest BCUT2D eigenvalue weighted by Gasteiger charge is 2.12. The Labute approximate surface area is 49.0 Å². The molecule has 7 heavy (non-hydrogen) atoms. The molecule has 1 rings (SSSR count). The van der Waals surface area contributed by atoms with E-state index in [1.165, 1.54) is 0 Å². The van der Waals surface area contributed by atoms with Gasteiger partial charge in [-0.1, -0.05) is 19.9 Å². The lowest BCUT2D eigenvalue weighted by Crippen LogP contribution is -1.99. The van der Waals surface area contributed by atoms with E-state index in [-0.39, 0.29) is 0 Å². The van der Waals surface area contributed by atoms with Gasteiger partial charge < -0.3 is 0 Å². The normalized spacial score (nSPS) is 39.7. The largest absolute Gasteiger partial charge is 0.131 e. The predicted octanol–water partition coefficient (Wildman–Crippen LogP) is 2.27. The smallest absolute Gasteiger partial charge is 0.0120 e. The molecule has 0 aromatic rings. The van der Waals surface area contributed by atoms with Gasteiger partial charge in [0.15, 0.2) is 0 Å². The molecule has 0 aliphatic carbocycles. The number of hydrogen-bond acceptors (Lipinski definition) is 1. The first-order valence-electron chi connectivity index (χ1n) is 2.63. The van der Waals surface area contributed by atoms with Gasteiger partial charge in [-0.05, 0) is 11.3 Å². The first-order chi connectivity index (χ1) is 3.30. The summed E-state index contributed by atoms with van der Waals surface area (Å²) in [6.07, 6.45) is 2.26. The third kappa shape index (κ3) is 1.00. The number of hydrogen-bond donors (Lipinski definition) is 0. The zero-order valence-electron chi connectivity index (χ0n) is 4.72. The van der Waals surface area contributed by atoms with Crippen molar-refractivity contribution in [3.63, 3.8) is 0 Å². The molecule has 1 aliphatic heterocycles. The minimum Gasteiger partial charge on any atom is -0.131 e. The van der Waals surface area contributed by atoms with Crippen molar-refractivity contribution in [2.24, 2.45) is 5.92 Å². The summed E-state index contributed by atoms with van der Waals surface area (Å²) >= 11 is 1.92. The molecular weight excluding hydrogens is 104 g/mol. The van der Waals surface area contributed by atoms with Gasteiger partial charge in [-0.3, -0.25) is 0 Å². The quantitative estimate of drug-likeness (QED) is 0.465. The minimum absolute atomic E-state index is 0.796. The zero-order chi connectivity index (χ0) is 5.28. The number of allylic oxidation sites excluding steroid dienone is 1. The second kappa shape index (κ2) is 1.91. The van der Waals surface area contributed by atoms with Crippen LogP contribution in [0.3, 0.4) is 0 Å². The molecule has 40 valence electrons. The van der Waals surface area contributed by atoms with Crippen molar-refractivity contribution in [2.75, 3.05) is 0 Å². The van der Waals surface area contributed by atoms with Crippen LogP contribution in [0.2, 0.25) is 0 Å². The monoisotopic (exact) mass is 114 g/mol. The first-order valence-corrected chi connectivity index (χ1v) is 3.57. The maximum absolute atomic E-state index is 2.26. The maximum Gasteiger partial charge on any atom is 0.0120 e. The van der Waals surface area contributed by atoms with Crippen LogP contribution < -0.4 is 0 Å². The molecule has 0 amide bonds. The lowest BCUT2D eigenvalue weighted by atomic mass is 10.1. The first kappa shape index (κ1) is 5.23. The molecule has 0 bridgehead atoms. The van der Waals surface area contributed by atoms with Crippen LogP contribution in [0.25, 0.3) is 0 Å². The van der Waals surface area contributed by atoms with Gasteiger partial charge in [-0.15, -0.1) is 11.8 Å². The van der Waals surface area contributed by atoms with Crippen LogP contribution in [-0.4, -0.2) is 5.25 Å². The van der Waals surface area contributed by atoms with Crippen LogP contribution in [0.5, 0.6) is 0 Å². The van der Waals surface area contributed by atoms with Gasteiger partial charge in [0, 0.05) is 5.25 Å². The minimum atomic E-state index is 0.796. The second-order valence-corrected chi connectivity index (χ2v) is 3.32. The summed E-state index contributed by atoms with van der Waals surface area (Å²) in [7, 11) is 0. The SMILES string of the molecule is C[C@@H]1C=CS[C@@H]1C. The average Bonchev–Trinajstić information content (AvgIpc) is 1.91. The zero-order valence-corrected chi connectivity index (χ0v) is 5.53. The van der Waals surface area contributed by atoms with Crippen molar-refractivity contribution in [2.45, 2.75) is 19.1 Å². The summed E-state index contributed by atoms with van der Waals surface area (Å²) in [5.74, 6) is 0.796. The van der Waals surface area contributed by atoms with E-state index in [1.807, 2.05) is 11.8 Å². The number of rotatable bonds is 0. The predicted molar refractivity (Wildman–Crippen MR) is 35.4 cm³/mol. The van der Waals surface area contributed by atoms with Gasteiger partial charge in [-0.25, -0.2) is 0 Å². The molecule has 1 heterocycles. The van der Waals surface area contributed by atoms with Crippen LogP contribution in [0.15, 0.2) is 11.5 Å². The summed E-state index contributed by atoms with van der Waals surface area (Å²) < 4.78 is 0. The molecule has 0 nitrogen and oxygen atoms in total. The van der Waals surface area contributed by atoms with Crippen molar-refractivity contribution in [3.8, 4) is 0 Å². The third-order valence-electron chi connectivity index (χ3n) is 1.42. The molecule has 1 heteroatoms. The molecule has 0 aromatic heterocycles. The second-order valence-electron chi connectivity index (χ2n) is 2.03. The highest BCUT2D eigenvalue weighted by Crippen LogP contribution is 2.27. The summed E-state index contributed by atoms with van der Waals surface area (Å²) in [5, 5.41) is 3.01. The lowest BCUT2D eigenvalue weighted by Gasteiger charge is -2.03. The Morgan fingerprint density at radius 1 is 1.43 bits per heavy atom. The molecule has 0 aromatic carbocycles. The molecule has 0 N–H and O–H groups in total. The fourth-order valence-electron chi connectivity index (χ4n) is 0.574. The molecule has 0 spiro atoms. The molecule has 0 fully saturated rings. The van der Waals surface area contributed by atoms with Gasteiger partial charge in [-0.2, -0.15) is 0 Å². The molecule has 0 unspecified atom stereocenters. The molecule has 1 aliphatic rings. The van der Waals surface area contributed by atoms with Crippen LogP contribution in [0.4, 0.5) is 0 Å². The van der Waals surface area contributed by atoms with Gasteiger partial charge >= 0.3 is 0 Å². The van der Waals surface area contributed by atoms with E-state index in [4.69, 9.17) is 0 Å². The summed E-state index contributed by atoms with van der Waals surface area (Å²) in [5.41, 5.74) is 0. The summed E-state index contributed by atoms with van der Waals surface area (Å²) in [4.78, 5) is 0. The van der Waals surface area contributed by atoms with E-state index >= 15 is 0 Å². The maximum atomic E-state index is 2.26. The molecule has 2 atom stereocenters. The standard InChI is InChI=1S/C6H10S/c1-5-3-4-7-6(5)2/h3-6H,1-2H3/t5-,6-/m1/s1. The number of thioether (sulfide) groups is 1. The van der Waals surface area contributed by atoms with Gasteiger partial charge in [0.05, 0.1) is 0 Å². The topological polar surface area (TPSA) is 0 Å². The fourth-order valence-corrected chi connectivity index (χ4v) is 1.50. The lowest BCUT2D eigenvalue weighted by molar-refractivity contribution is 0.730. The average molecular weight is 114 g/mol. The van der Waals surface area contributed by atoms with Crippen LogP contribution in [0, 0.1) is 5.92 Å². The van der Waals surface area contributed by atoms with E-state index in [9.17, 15) is 0 Å². The van der Waals surface area contributed by atoms with Gasteiger partial charge in [0.25, 0.3) is 0 Å². The Hall–Kier alpha value is 0.0900. The van der Waals surface area contributed by atoms with E-state index in [0.29, 0.717) is 0 Å². The molecule has 0 radical (unpaired) electrons. The van der Waals surface area contributed by atoms with Crippen molar-refractivity contribution < 1.29 is 0 Å². The van der Waals surface area contributed by atoms with Gasteiger partial charge in [0.1, 0.15) is 0 Å². The van der Waals surface area contributed by atoms with Crippen molar-refractivity contribution in [1.29, 1.82) is 0 Å². The van der Waals surface area contributed by atoms with Crippen LogP contribution in [0.1, 0.15) is 13.8 Å². The van der Waals surface area contributed by atoms with Crippen molar-refractivity contribution in [1.82, 2.24) is 0 Å². The van der Waals surface area contributed by atoms with E-state index in [1.54, 1.807) is 0 Å². The Bertz CT molecular complexity index is 86.2. The highest BCUT2D eigenvalue weighted by atomic mass is 32.2. The molecule has 0 saturated heterocycles. The van der Waals surface area contributed by atoms with Crippen molar-refractivity contribution >= 4 is 11.8 Å². The van der Waals surface area contributed by atoms with Gasteiger partial charge in [0.2, 0.25) is 0 Å². The Balaban J connectivity index is 2.45. The molecule has 0 saturated carbocycles. The molecular formula is C6H10S. The van der Waals surface area contributed by atoms with E-state index < -0.39 is 0 Å².